The molecule has 7 heteroatoms. The molecule has 2 aromatic rings. The minimum absolute atomic E-state index is 0.182. The Morgan fingerprint density at radius 3 is 2.65 bits per heavy atom. The Balaban J connectivity index is 1.38. The molecule has 0 N–H and O–H groups in total. The van der Waals surface area contributed by atoms with E-state index in [1.807, 2.05) is 4.90 Å². The van der Waals surface area contributed by atoms with Crippen molar-refractivity contribution in [2.45, 2.75) is 83.8 Å². The third-order valence-corrected chi connectivity index (χ3v) is 8.20. The monoisotopic (exact) mass is 444 g/mol. The van der Waals surface area contributed by atoms with Gasteiger partial charge in [0.25, 0.3) is 0 Å². The Labute approximate surface area is 190 Å². The zero-order valence-electron chi connectivity index (χ0n) is 19.4. The molecule has 2 fully saturated rings. The third kappa shape index (κ3) is 4.87. The van der Waals surface area contributed by atoms with Gasteiger partial charge in [0.1, 0.15) is 17.3 Å². The second-order valence-electron chi connectivity index (χ2n) is 9.29. The lowest BCUT2D eigenvalue weighted by Crippen LogP contribution is -2.44. The average molecular weight is 445 g/mol. The number of hydrogen-bond donors (Lipinski definition) is 0. The zero-order chi connectivity index (χ0) is 22.0. The fraction of sp³-hybridized carbons (Fsp3) is 0.708. The van der Waals surface area contributed by atoms with Gasteiger partial charge in [0.15, 0.2) is 0 Å². The van der Waals surface area contributed by atoms with Crippen molar-refractivity contribution in [1.29, 1.82) is 0 Å². The number of carbonyl (C=O) groups is 1. The van der Waals surface area contributed by atoms with E-state index in [-0.39, 0.29) is 12.0 Å². The van der Waals surface area contributed by atoms with E-state index < -0.39 is 0 Å². The van der Waals surface area contributed by atoms with Crippen LogP contribution in [-0.4, -0.2) is 64.5 Å². The summed E-state index contributed by atoms with van der Waals surface area (Å²) in [6, 6.07) is 0.455. The van der Waals surface area contributed by atoms with Crippen molar-refractivity contribution in [3.05, 3.63) is 16.8 Å². The molecule has 1 saturated heterocycles. The van der Waals surface area contributed by atoms with E-state index in [0.717, 1.165) is 74.1 Å². The highest BCUT2D eigenvalue weighted by Crippen LogP contribution is 2.40. The number of rotatable bonds is 7. The van der Waals surface area contributed by atoms with E-state index in [2.05, 4.69) is 42.7 Å². The number of carbonyl (C=O) groups excluding carboxylic acids is 1. The van der Waals surface area contributed by atoms with Crippen LogP contribution in [0.4, 0.5) is 0 Å². The fourth-order valence-corrected chi connectivity index (χ4v) is 6.20. The smallest absolute Gasteiger partial charge is 0.236 e. The van der Waals surface area contributed by atoms with E-state index in [1.165, 1.54) is 10.4 Å². The molecule has 2 aliphatic rings. The van der Waals surface area contributed by atoms with Crippen molar-refractivity contribution in [1.82, 2.24) is 19.8 Å². The first-order valence-electron chi connectivity index (χ1n) is 11.9. The van der Waals surface area contributed by atoms with Crippen LogP contribution < -0.4 is 4.74 Å². The van der Waals surface area contributed by atoms with Crippen LogP contribution in [0.2, 0.25) is 0 Å². The zero-order valence-corrected chi connectivity index (χ0v) is 20.2. The number of ether oxygens (including phenoxy) is 1. The molecule has 1 aliphatic heterocycles. The Morgan fingerprint density at radius 2 is 1.97 bits per heavy atom. The summed E-state index contributed by atoms with van der Waals surface area (Å²) >= 11 is 1.75. The summed E-state index contributed by atoms with van der Waals surface area (Å²) in [6.07, 6.45) is 9.33. The number of aromatic nitrogens is 2. The summed E-state index contributed by atoms with van der Waals surface area (Å²) in [4.78, 5) is 28.2. The van der Waals surface area contributed by atoms with Crippen molar-refractivity contribution in [3.63, 3.8) is 0 Å². The summed E-state index contributed by atoms with van der Waals surface area (Å²) in [6.45, 7) is 9.08. The number of amides is 1. The summed E-state index contributed by atoms with van der Waals surface area (Å²) in [7, 11) is 2.10. The molecule has 1 saturated carbocycles. The van der Waals surface area contributed by atoms with E-state index in [1.54, 1.807) is 17.7 Å². The molecule has 0 spiro atoms. The minimum atomic E-state index is 0.182. The third-order valence-electron chi connectivity index (χ3n) is 7.17. The number of likely N-dealkylation sites (N-methyl/N-ethyl adjacent to an activating group) is 1. The molecule has 1 amide bonds. The van der Waals surface area contributed by atoms with Crippen LogP contribution in [0.25, 0.3) is 10.2 Å². The van der Waals surface area contributed by atoms with Gasteiger partial charge in [-0.2, -0.15) is 0 Å². The Morgan fingerprint density at radius 1 is 1.26 bits per heavy atom. The van der Waals surface area contributed by atoms with Gasteiger partial charge in [-0.3, -0.25) is 9.69 Å². The molecule has 1 unspecified atom stereocenters. The second kappa shape index (κ2) is 9.82. The quantitative estimate of drug-likeness (QED) is 0.616. The number of likely N-dealkylation sites (tertiary alicyclic amines) is 1. The predicted molar refractivity (Wildman–Crippen MR) is 126 cm³/mol. The molecule has 0 radical (unpaired) electrons. The van der Waals surface area contributed by atoms with Crippen molar-refractivity contribution in [2.24, 2.45) is 0 Å². The summed E-state index contributed by atoms with van der Waals surface area (Å²) in [5, 5.41) is 1.12. The molecular weight excluding hydrogens is 408 g/mol. The first-order chi connectivity index (χ1) is 15.0. The van der Waals surface area contributed by atoms with Gasteiger partial charge >= 0.3 is 0 Å². The van der Waals surface area contributed by atoms with Gasteiger partial charge in [-0.15, -0.1) is 11.3 Å². The number of thiophene rings is 1. The maximum Gasteiger partial charge on any atom is 0.236 e. The van der Waals surface area contributed by atoms with Gasteiger partial charge in [-0.1, -0.05) is 13.8 Å². The largest absolute Gasteiger partial charge is 0.474 e. The van der Waals surface area contributed by atoms with Crippen LogP contribution >= 0.6 is 11.3 Å². The maximum atomic E-state index is 12.5. The maximum absolute atomic E-state index is 12.5. The predicted octanol–water partition coefficient (Wildman–Crippen LogP) is 4.76. The van der Waals surface area contributed by atoms with Crippen molar-refractivity contribution in [2.75, 3.05) is 26.7 Å². The lowest BCUT2D eigenvalue weighted by Gasteiger charge is -2.35. The number of nitrogens with zero attached hydrogens (tertiary/aromatic N) is 4. The van der Waals surface area contributed by atoms with Crippen LogP contribution in [0.5, 0.6) is 5.88 Å². The highest BCUT2D eigenvalue weighted by molar-refractivity contribution is 7.18. The summed E-state index contributed by atoms with van der Waals surface area (Å²) in [5.74, 6) is 1.51. The van der Waals surface area contributed by atoms with Crippen molar-refractivity contribution < 1.29 is 9.53 Å². The van der Waals surface area contributed by atoms with Gasteiger partial charge in [0.2, 0.25) is 11.8 Å². The first kappa shape index (κ1) is 22.5. The topological polar surface area (TPSA) is 58.6 Å². The van der Waals surface area contributed by atoms with Crippen LogP contribution in [0.15, 0.2) is 6.33 Å². The molecule has 31 heavy (non-hydrogen) atoms. The Bertz CT molecular complexity index is 900. The summed E-state index contributed by atoms with van der Waals surface area (Å²) in [5.41, 5.74) is 1.35. The Hall–Kier alpha value is -1.73. The van der Waals surface area contributed by atoms with E-state index in [0.29, 0.717) is 18.5 Å². The van der Waals surface area contributed by atoms with Crippen LogP contribution in [-0.2, 0) is 4.79 Å². The second-order valence-corrected chi connectivity index (χ2v) is 10.5. The fourth-order valence-electron chi connectivity index (χ4n) is 5.10. The summed E-state index contributed by atoms with van der Waals surface area (Å²) < 4.78 is 6.47. The normalized spacial score (nSPS) is 22.9. The molecular formula is C24H36N4O2S. The van der Waals surface area contributed by atoms with Gasteiger partial charge in [-0.25, -0.2) is 9.97 Å². The van der Waals surface area contributed by atoms with E-state index >= 15 is 0 Å². The number of hydrogen-bond acceptors (Lipinski definition) is 6. The SMILES string of the molecule is CCC(C)c1c(C)sc2ncnc(OC3CCC(N(C)CC(=O)N4CCCC4)CC3)c12. The molecule has 3 heterocycles. The highest BCUT2D eigenvalue weighted by Gasteiger charge is 2.29. The molecule has 170 valence electrons. The molecule has 1 atom stereocenters. The van der Waals surface area contributed by atoms with E-state index in [9.17, 15) is 4.79 Å². The molecule has 0 bridgehead atoms. The minimum Gasteiger partial charge on any atom is -0.474 e. The van der Waals surface area contributed by atoms with Crippen LogP contribution in [0.1, 0.15) is 75.2 Å². The van der Waals surface area contributed by atoms with Crippen LogP contribution in [0.3, 0.4) is 0 Å². The number of aryl methyl sites for hydroxylation is 1. The first-order valence-corrected chi connectivity index (χ1v) is 12.7. The van der Waals surface area contributed by atoms with Gasteiger partial charge in [-0.05, 0) is 70.4 Å². The van der Waals surface area contributed by atoms with Gasteiger partial charge < -0.3 is 9.64 Å². The highest BCUT2D eigenvalue weighted by atomic mass is 32.1. The lowest BCUT2D eigenvalue weighted by molar-refractivity contribution is -0.131. The molecule has 4 rings (SSSR count). The average Bonchev–Trinajstić information content (AvgIpc) is 3.42. The lowest BCUT2D eigenvalue weighted by atomic mass is 9.92. The van der Waals surface area contributed by atoms with Crippen molar-refractivity contribution in [3.8, 4) is 5.88 Å². The standard InChI is InChI=1S/C24H36N4O2S/c1-5-16(2)21-17(3)31-24-22(21)23(25-15-26-24)30-19-10-8-18(9-11-19)27(4)14-20(29)28-12-6-7-13-28/h15-16,18-19H,5-14H2,1-4H3. The number of fused-ring (bicyclic) bond motifs is 1. The Kier molecular flexibility index (Phi) is 7.12. The van der Waals surface area contributed by atoms with Gasteiger partial charge in [0, 0.05) is 24.0 Å². The molecule has 2 aromatic heterocycles. The van der Waals surface area contributed by atoms with E-state index in [4.69, 9.17) is 4.74 Å². The molecule has 0 aromatic carbocycles. The molecule has 6 nitrogen and oxygen atoms in total. The van der Waals surface area contributed by atoms with Crippen LogP contribution in [0, 0.1) is 6.92 Å². The van der Waals surface area contributed by atoms with Gasteiger partial charge in [0.05, 0.1) is 11.9 Å². The van der Waals surface area contributed by atoms with Crippen molar-refractivity contribution >= 4 is 27.5 Å². The molecule has 1 aliphatic carbocycles.